The molecule has 0 radical (unpaired) electrons. The molecule has 2 atom stereocenters. The van der Waals surface area contributed by atoms with Crippen LogP contribution in [-0.2, 0) is 19.7 Å². The average Bonchev–Trinajstić information content (AvgIpc) is 2.73. The van der Waals surface area contributed by atoms with Gasteiger partial charge in [-0.25, -0.2) is 4.79 Å². The molecule has 0 aliphatic heterocycles. The van der Waals surface area contributed by atoms with Crippen LogP contribution in [0.25, 0.3) is 16.7 Å². The molecular formula is C26H32N2O3. The van der Waals surface area contributed by atoms with E-state index < -0.39 is 0 Å². The number of rotatable bonds is 5. The van der Waals surface area contributed by atoms with E-state index >= 15 is 0 Å². The van der Waals surface area contributed by atoms with Gasteiger partial charge < -0.3 is 20.9 Å². The van der Waals surface area contributed by atoms with Gasteiger partial charge in [-0.2, -0.15) is 0 Å². The zero-order chi connectivity index (χ0) is 22.3. The monoisotopic (exact) mass is 420 g/mol. The fourth-order valence-corrected chi connectivity index (χ4v) is 5.08. The molecule has 4 rings (SSSR count). The third-order valence-electron chi connectivity index (χ3n) is 7.31. The minimum Gasteiger partial charge on any atom is -0.465 e. The topological polar surface area (TPSA) is 87.6 Å². The van der Waals surface area contributed by atoms with Gasteiger partial charge in [0.1, 0.15) is 0 Å². The molecule has 2 aromatic carbocycles. The second-order valence-corrected chi connectivity index (χ2v) is 9.12. The van der Waals surface area contributed by atoms with Crippen LogP contribution in [0.5, 0.6) is 0 Å². The zero-order valence-corrected chi connectivity index (χ0v) is 18.8. The van der Waals surface area contributed by atoms with Crippen LogP contribution in [-0.4, -0.2) is 26.8 Å². The standard InChI is InChI=1S/C26H32N2O3/c1-15-10-22(25(29)31-4)20-12-21(24(28)13-19(20)16(15)2)18-7-6-17(11-23(18)27)26(14-30-3)8-5-9-26/h6-7,10-13,15-16H,5,8-9,14,27-28H2,1-4H3/t15-,16?/m1/s1. The Hall–Kier alpha value is -2.79. The van der Waals surface area contributed by atoms with Crippen molar-refractivity contribution in [2.75, 3.05) is 32.3 Å². The summed E-state index contributed by atoms with van der Waals surface area (Å²) in [4.78, 5) is 12.5. The van der Waals surface area contributed by atoms with Crippen molar-refractivity contribution < 1.29 is 14.3 Å². The van der Waals surface area contributed by atoms with Crippen LogP contribution in [0, 0.1) is 5.92 Å². The number of hydrogen-bond donors (Lipinski definition) is 2. The Morgan fingerprint density at radius 3 is 2.32 bits per heavy atom. The lowest BCUT2D eigenvalue weighted by atomic mass is 9.65. The van der Waals surface area contributed by atoms with Crippen LogP contribution in [0.1, 0.15) is 55.7 Å². The molecule has 164 valence electrons. The Labute approximate surface area is 184 Å². The SMILES string of the molecule is COCC1(c2ccc(-c3cc4c(cc3N)C(C)[C@H](C)C=C4C(=O)OC)c(N)c2)CCC1. The molecule has 1 fully saturated rings. The molecular weight excluding hydrogens is 388 g/mol. The van der Waals surface area contributed by atoms with Crippen molar-refractivity contribution in [3.63, 3.8) is 0 Å². The summed E-state index contributed by atoms with van der Waals surface area (Å²) in [7, 11) is 3.16. The van der Waals surface area contributed by atoms with E-state index in [9.17, 15) is 4.79 Å². The highest BCUT2D eigenvalue weighted by Crippen LogP contribution is 2.47. The summed E-state index contributed by atoms with van der Waals surface area (Å²) < 4.78 is 10.5. The van der Waals surface area contributed by atoms with Gasteiger partial charge in [-0.1, -0.05) is 38.5 Å². The van der Waals surface area contributed by atoms with Gasteiger partial charge in [-0.3, -0.25) is 0 Å². The lowest BCUT2D eigenvalue weighted by Gasteiger charge is -2.42. The summed E-state index contributed by atoms with van der Waals surface area (Å²) in [5.41, 5.74) is 19.9. The normalized spacial score (nSPS) is 21.6. The highest BCUT2D eigenvalue weighted by atomic mass is 16.5. The lowest BCUT2D eigenvalue weighted by molar-refractivity contribution is -0.133. The maximum Gasteiger partial charge on any atom is 0.338 e. The van der Waals surface area contributed by atoms with E-state index in [2.05, 4.69) is 32.0 Å². The number of benzene rings is 2. The third kappa shape index (κ3) is 3.51. The Morgan fingerprint density at radius 1 is 1.03 bits per heavy atom. The van der Waals surface area contributed by atoms with E-state index in [1.54, 1.807) is 7.11 Å². The van der Waals surface area contributed by atoms with E-state index in [-0.39, 0.29) is 23.2 Å². The molecule has 5 nitrogen and oxygen atoms in total. The van der Waals surface area contributed by atoms with Gasteiger partial charge in [0.15, 0.2) is 0 Å². The first-order valence-corrected chi connectivity index (χ1v) is 10.9. The van der Waals surface area contributed by atoms with E-state index in [0.29, 0.717) is 23.6 Å². The van der Waals surface area contributed by atoms with Crippen molar-refractivity contribution in [1.29, 1.82) is 0 Å². The number of ether oxygens (including phenoxy) is 2. The molecule has 2 aromatic rings. The molecule has 0 bridgehead atoms. The molecule has 0 spiro atoms. The lowest BCUT2D eigenvalue weighted by Crippen LogP contribution is -2.38. The number of methoxy groups -OCH3 is 2. The highest BCUT2D eigenvalue weighted by Gasteiger charge is 2.39. The van der Waals surface area contributed by atoms with Crippen molar-refractivity contribution in [3.05, 3.63) is 53.1 Å². The van der Waals surface area contributed by atoms with E-state index in [1.165, 1.54) is 19.1 Å². The van der Waals surface area contributed by atoms with Gasteiger partial charge in [-0.15, -0.1) is 0 Å². The Morgan fingerprint density at radius 2 is 1.74 bits per heavy atom. The molecule has 5 heteroatoms. The molecule has 1 saturated carbocycles. The summed E-state index contributed by atoms with van der Waals surface area (Å²) in [6, 6.07) is 10.2. The number of fused-ring (bicyclic) bond motifs is 1. The smallest absolute Gasteiger partial charge is 0.338 e. The molecule has 0 amide bonds. The van der Waals surface area contributed by atoms with Gasteiger partial charge in [0.25, 0.3) is 0 Å². The second-order valence-electron chi connectivity index (χ2n) is 9.12. The van der Waals surface area contributed by atoms with Gasteiger partial charge in [0, 0.05) is 35.0 Å². The number of carbonyl (C=O) groups excluding carboxylic acids is 1. The third-order valence-corrected chi connectivity index (χ3v) is 7.31. The van der Waals surface area contributed by atoms with Crippen molar-refractivity contribution in [3.8, 4) is 11.1 Å². The minimum absolute atomic E-state index is 0.0646. The minimum atomic E-state index is -0.328. The van der Waals surface area contributed by atoms with E-state index in [1.807, 2.05) is 18.2 Å². The van der Waals surface area contributed by atoms with E-state index in [0.717, 1.165) is 35.1 Å². The Kier molecular flexibility index (Phi) is 5.56. The number of nitrogens with two attached hydrogens (primary N) is 2. The van der Waals surface area contributed by atoms with E-state index in [4.69, 9.17) is 20.9 Å². The summed E-state index contributed by atoms with van der Waals surface area (Å²) in [5.74, 6) is 0.146. The number of nitrogen functional groups attached to an aromatic ring is 2. The molecule has 0 saturated heterocycles. The van der Waals surface area contributed by atoms with Gasteiger partial charge >= 0.3 is 5.97 Å². The molecule has 31 heavy (non-hydrogen) atoms. The van der Waals surface area contributed by atoms with Gasteiger partial charge in [0.2, 0.25) is 0 Å². The largest absolute Gasteiger partial charge is 0.465 e. The molecule has 2 aliphatic carbocycles. The fraction of sp³-hybridized carbons (Fsp3) is 0.423. The first kappa shape index (κ1) is 21.4. The number of hydrogen-bond acceptors (Lipinski definition) is 5. The van der Waals surface area contributed by atoms with Crippen LogP contribution in [0.2, 0.25) is 0 Å². The Bertz CT molecular complexity index is 1050. The van der Waals surface area contributed by atoms with Crippen molar-refractivity contribution in [1.82, 2.24) is 0 Å². The predicted molar refractivity (Wildman–Crippen MR) is 126 cm³/mol. The number of esters is 1. The molecule has 1 unspecified atom stereocenters. The average molecular weight is 421 g/mol. The number of carbonyl (C=O) groups is 1. The van der Waals surface area contributed by atoms with Crippen LogP contribution in [0.15, 0.2) is 36.4 Å². The van der Waals surface area contributed by atoms with Crippen LogP contribution < -0.4 is 11.5 Å². The highest BCUT2D eigenvalue weighted by molar-refractivity contribution is 6.18. The summed E-state index contributed by atoms with van der Waals surface area (Å²) in [6.45, 7) is 4.97. The van der Waals surface area contributed by atoms with Crippen LogP contribution >= 0.6 is 0 Å². The molecule has 4 N–H and O–H groups in total. The second kappa shape index (κ2) is 8.04. The van der Waals surface area contributed by atoms with Crippen LogP contribution in [0.3, 0.4) is 0 Å². The maximum atomic E-state index is 12.5. The molecule has 0 aromatic heterocycles. The van der Waals surface area contributed by atoms with Crippen LogP contribution in [0.4, 0.5) is 11.4 Å². The molecule has 2 aliphatic rings. The van der Waals surface area contributed by atoms with Gasteiger partial charge in [-0.05, 0) is 59.6 Å². The van der Waals surface area contributed by atoms with Crippen molar-refractivity contribution in [2.45, 2.75) is 44.4 Å². The zero-order valence-electron chi connectivity index (χ0n) is 18.8. The maximum absolute atomic E-state index is 12.5. The van der Waals surface area contributed by atoms with Crippen molar-refractivity contribution in [2.24, 2.45) is 5.92 Å². The fourth-order valence-electron chi connectivity index (χ4n) is 5.08. The van der Waals surface area contributed by atoms with Crippen molar-refractivity contribution >= 4 is 22.9 Å². The summed E-state index contributed by atoms with van der Waals surface area (Å²) in [5, 5.41) is 0. The summed E-state index contributed by atoms with van der Waals surface area (Å²) in [6.07, 6.45) is 5.44. The van der Waals surface area contributed by atoms with Gasteiger partial charge in [0.05, 0.1) is 19.3 Å². The number of allylic oxidation sites excluding steroid dienone is 1. The first-order valence-electron chi connectivity index (χ1n) is 10.9. The first-order chi connectivity index (χ1) is 14.8. The predicted octanol–water partition coefficient (Wildman–Crippen LogP) is 4.90. The molecule has 0 heterocycles. The quantitative estimate of drug-likeness (QED) is 0.531. The Balaban J connectivity index is 1.80. The number of anilines is 2. The summed E-state index contributed by atoms with van der Waals surface area (Å²) >= 11 is 0.